The number of amides is 1. The van der Waals surface area contributed by atoms with Gasteiger partial charge in [-0.15, -0.1) is 11.8 Å². The molecule has 0 aliphatic carbocycles. The second-order valence-corrected chi connectivity index (χ2v) is 21.2. The van der Waals surface area contributed by atoms with Crippen LogP contribution in [0, 0.1) is 16.0 Å². The van der Waals surface area contributed by atoms with Gasteiger partial charge in [0.1, 0.15) is 41.4 Å². The molecule has 11 nitrogen and oxygen atoms in total. The average Bonchev–Trinajstić information content (AvgIpc) is 3.90. The largest absolute Gasteiger partial charge is 0.460 e. The van der Waals surface area contributed by atoms with Crippen LogP contribution in [0.15, 0.2) is 223 Å². The zero-order valence-corrected chi connectivity index (χ0v) is 39.6. The topological polar surface area (TPSA) is 149 Å². The summed E-state index contributed by atoms with van der Waals surface area (Å²) in [5.74, 6) is -2.84. The van der Waals surface area contributed by atoms with Gasteiger partial charge in [0.2, 0.25) is 5.91 Å². The van der Waals surface area contributed by atoms with Crippen molar-refractivity contribution in [2.24, 2.45) is 5.92 Å². The van der Waals surface area contributed by atoms with Crippen LogP contribution in [0.1, 0.15) is 46.8 Å². The van der Waals surface area contributed by atoms with Crippen LogP contribution < -0.4 is 15.9 Å². The van der Waals surface area contributed by atoms with Gasteiger partial charge in [-0.05, 0) is 62.4 Å². The number of carbonyl (C=O) groups is 3. The molecule has 8 aromatic rings. The lowest BCUT2D eigenvalue weighted by Gasteiger charge is -2.53. The third-order valence-corrected chi connectivity index (χ3v) is 18.4. The average molecular weight is 967 g/mol. The van der Waals surface area contributed by atoms with Gasteiger partial charge < -0.3 is 19.0 Å². The number of nitro groups is 1. The number of β-lactam (4-membered cyclic amide) rings is 1. The van der Waals surface area contributed by atoms with E-state index in [1.165, 1.54) is 43.0 Å². The highest BCUT2D eigenvalue weighted by atomic mass is 32.2. The summed E-state index contributed by atoms with van der Waals surface area (Å²) in [5, 5.41) is 23.0. The number of carbonyl (C=O) groups excluding carboxylic acids is 3. The summed E-state index contributed by atoms with van der Waals surface area (Å²) in [7, 11) is 0. The minimum Gasteiger partial charge on any atom is -0.460 e. The number of nitro benzene ring substituents is 1. The van der Waals surface area contributed by atoms with E-state index in [1.54, 1.807) is 17.0 Å². The number of rotatable bonds is 17. The Kier molecular flexibility index (Phi) is 14.1. The highest BCUT2D eigenvalue weighted by molar-refractivity contribution is 8.01. The van der Waals surface area contributed by atoms with Gasteiger partial charge >= 0.3 is 11.9 Å². The van der Waals surface area contributed by atoms with Crippen LogP contribution in [0.3, 0.4) is 0 Å². The molecule has 70 heavy (non-hydrogen) atoms. The van der Waals surface area contributed by atoms with Crippen molar-refractivity contribution in [3.8, 4) is 0 Å². The number of non-ortho nitro benzene ring substituents is 1. The molecule has 0 spiro atoms. The summed E-state index contributed by atoms with van der Waals surface area (Å²) in [4.78, 5) is 58.1. The molecule has 1 amide bonds. The Bertz CT molecular complexity index is 2960. The van der Waals surface area contributed by atoms with Gasteiger partial charge in [0.25, 0.3) is 5.69 Å². The maximum Gasteiger partial charge on any atom is 0.356 e. The number of ether oxygens (including phenoxy) is 2. The van der Waals surface area contributed by atoms with E-state index in [0.717, 1.165) is 32.6 Å². The molecule has 0 radical (unpaired) electrons. The molecule has 1 aliphatic rings. The highest BCUT2D eigenvalue weighted by Gasteiger charge is 2.61. The van der Waals surface area contributed by atoms with Gasteiger partial charge in [-0.2, -0.15) is 0 Å². The summed E-state index contributed by atoms with van der Waals surface area (Å²) in [6, 6.07) is 67.6. The number of aliphatic hydroxyl groups excluding tert-OH is 1. The molecule has 0 saturated carbocycles. The van der Waals surface area contributed by atoms with Gasteiger partial charge in [0, 0.05) is 25.9 Å². The van der Waals surface area contributed by atoms with Crippen molar-refractivity contribution in [3.05, 3.63) is 262 Å². The first kappa shape index (κ1) is 47.3. The zero-order valence-electron chi connectivity index (χ0n) is 37.9. The van der Waals surface area contributed by atoms with Gasteiger partial charge in [0.15, 0.2) is 6.10 Å². The Balaban J connectivity index is 1.38. The molecule has 1 saturated heterocycles. The van der Waals surface area contributed by atoms with Gasteiger partial charge in [0.05, 0.1) is 9.67 Å². The summed E-state index contributed by atoms with van der Waals surface area (Å²) >= 11 is 1.44. The first-order valence-electron chi connectivity index (χ1n) is 22.5. The molecule has 9 rings (SSSR count). The number of esters is 2. The number of hydrogen-bond acceptors (Lipinski definition) is 10. The van der Waals surface area contributed by atoms with Gasteiger partial charge in [-0.25, -0.2) is 4.79 Å². The molecular weight excluding hydrogens is 920 g/mol. The van der Waals surface area contributed by atoms with E-state index >= 15 is 9.59 Å². The molecule has 1 aromatic heterocycles. The number of thioether (sulfide) groups is 1. The summed E-state index contributed by atoms with van der Waals surface area (Å²) < 4.78 is 17.6. The molecule has 350 valence electrons. The number of hydrogen-bond donors (Lipinski definition) is 1. The molecule has 2 heterocycles. The van der Waals surface area contributed by atoms with E-state index < -0.39 is 58.4 Å². The number of benzene rings is 7. The van der Waals surface area contributed by atoms with Gasteiger partial charge in [-0.3, -0.25) is 24.6 Å². The normalized spacial score (nSPS) is 15.1. The molecule has 1 aliphatic heterocycles. The summed E-state index contributed by atoms with van der Waals surface area (Å²) in [6.45, 7) is -2.97. The van der Waals surface area contributed by atoms with Crippen molar-refractivity contribution >= 4 is 63.5 Å². The molecule has 0 bridgehead atoms. The van der Waals surface area contributed by atoms with Crippen LogP contribution in [0.2, 0.25) is 0 Å². The van der Waals surface area contributed by atoms with Crippen molar-refractivity contribution in [1.29, 1.82) is 0 Å². The van der Waals surface area contributed by atoms with Gasteiger partial charge in [-0.1, -0.05) is 182 Å². The predicted octanol–water partition coefficient (Wildman–Crippen LogP) is 9.66. The molecule has 7 aromatic carbocycles. The molecular formula is C57H47N2O9PS. The van der Waals surface area contributed by atoms with Crippen LogP contribution >= 0.6 is 18.6 Å². The summed E-state index contributed by atoms with van der Waals surface area (Å²) in [6.07, 6.45) is -1.31. The lowest BCUT2D eigenvalue weighted by atomic mass is 9.84. The highest BCUT2D eigenvalue weighted by Crippen LogP contribution is 2.59. The Labute approximate surface area is 409 Å². The van der Waals surface area contributed by atoms with E-state index in [0.29, 0.717) is 5.56 Å². The van der Waals surface area contributed by atoms with Crippen LogP contribution in [0.5, 0.6) is 0 Å². The van der Waals surface area contributed by atoms with E-state index in [-0.39, 0.29) is 29.2 Å². The van der Waals surface area contributed by atoms with Crippen molar-refractivity contribution in [1.82, 2.24) is 4.90 Å². The van der Waals surface area contributed by atoms with Crippen molar-refractivity contribution in [3.63, 3.8) is 0 Å². The SMILES string of the molecule is CC(=O)OC(c1ccc(CO)o1)C1C(=O)N(C(C(=O)OCc2ccc([N+](=O)[O-])cc2)=P(c2ccccc2)(c2ccccc2)c2ccccc2)C1SC(c1ccccc1)(c1ccccc1)c1ccccc1. The molecule has 1 N–H and O–H groups in total. The molecule has 3 atom stereocenters. The van der Waals surface area contributed by atoms with E-state index in [9.17, 15) is 20.0 Å². The lowest BCUT2D eigenvalue weighted by molar-refractivity contribution is -0.384. The minimum absolute atomic E-state index is 0.0666. The number of furan rings is 1. The van der Waals surface area contributed by atoms with Crippen LogP contribution in [-0.4, -0.2) is 43.6 Å². The first-order valence-corrected chi connectivity index (χ1v) is 25.2. The quantitative estimate of drug-likeness (QED) is 0.0234. The Morgan fingerprint density at radius 1 is 0.686 bits per heavy atom. The van der Waals surface area contributed by atoms with Crippen LogP contribution in [-0.2, 0) is 41.8 Å². The third-order valence-electron chi connectivity index (χ3n) is 12.3. The molecule has 1 fully saturated rings. The van der Waals surface area contributed by atoms with Crippen molar-refractivity contribution in [2.75, 3.05) is 0 Å². The second kappa shape index (κ2) is 20.9. The maximum absolute atomic E-state index is 16.2. The van der Waals surface area contributed by atoms with Crippen LogP contribution in [0.4, 0.5) is 5.69 Å². The summed E-state index contributed by atoms with van der Waals surface area (Å²) in [5.41, 5.74) is 3.05. The van der Waals surface area contributed by atoms with Crippen molar-refractivity contribution < 1.29 is 38.3 Å². The monoisotopic (exact) mass is 966 g/mol. The Morgan fingerprint density at radius 2 is 1.13 bits per heavy atom. The fourth-order valence-electron chi connectivity index (χ4n) is 9.23. The van der Waals surface area contributed by atoms with Crippen LogP contribution in [0.25, 0.3) is 0 Å². The molecule has 13 heteroatoms. The van der Waals surface area contributed by atoms with E-state index in [1.807, 2.05) is 182 Å². The van der Waals surface area contributed by atoms with Crippen molar-refractivity contribution in [2.45, 2.75) is 36.4 Å². The minimum atomic E-state index is -3.52. The second-order valence-electron chi connectivity index (χ2n) is 16.5. The third kappa shape index (κ3) is 9.00. The Morgan fingerprint density at radius 3 is 1.53 bits per heavy atom. The lowest BCUT2D eigenvalue weighted by Crippen LogP contribution is -2.67. The van der Waals surface area contributed by atoms with E-state index in [2.05, 4.69) is 0 Å². The fourth-order valence-corrected chi connectivity index (χ4v) is 15.6. The zero-order chi connectivity index (χ0) is 48.7. The predicted molar refractivity (Wildman–Crippen MR) is 273 cm³/mol. The number of likely N-dealkylation sites (tertiary alicyclic amines) is 1. The fraction of sp³-hybridized carbons (Fsp3) is 0.123. The van der Waals surface area contributed by atoms with E-state index in [4.69, 9.17) is 13.9 Å². The maximum atomic E-state index is 16.2. The first-order chi connectivity index (χ1) is 34.2. The number of nitrogens with zero attached hydrogens (tertiary/aromatic N) is 2. The Hall–Kier alpha value is -7.76. The smallest absolute Gasteiger partial charge is 0.356 e. The molecule has 3 unspecified atom stereocenters. The standard InChI is InChI=1S/C57H47N2O9PS/c1-40(61)67-52(50-37-36-46(38-60)68-50)51-53(62)58(55(51)70-57(42-20-8-2-9-21-42,43-22-10-3-11-23-43)44-24-12-4-13-25-44)54(56(63)66-39-41-32-34-45(35-33-41)59(64)65)69(47-26-14-5-15-27-47,48-28-16-6-17-29-48)49-30-18-7-19-31-49/h2-37,51-52,55,60H,38-39H2,1H3. The number of aliphatic hydroxyl groups is 1.